The van der Waals surface area contributed by atoms with Crippen molar-refractivity contribution in [3.05, 3.63) is 58.3 Å². The molecule has 0 fully saturated rings. The lowest BCUT2D eigenvalue weighted by Crippen LogP contribution is -2.31. The molecule has 7 heteroatoms. The zero-order chi connectivity index (χ0) is 17.5. The zero-order valence-electron chi connectivity index (χ0n) is 13.1. The zero-order valence-corrected chi connectivity index (χ0v) is 14.6. The Morgan fingerprint density at radius 2 is 1.96 bits per heavy atom. The number of rotatable bonds is 6. The van der Waals surface area contributed by atoms with Crippen LogP contribution in [0.15, 0.2) is 42.6 Å². The molecule has 2 rings (SSSR count). The highest BCUT2D eigenvalue weighted by Crippen LogP contribution is 2.25. The van der Waals surface area contributed by atoms with Gasteiger partial charge in [0.05, 0.1) is 22.3 Å². The number of hydrogen-bond acceptors (Lipinski definition) is 3. The molecule has 0 aliphatic rings. The van der Waals surface area contributed by atoms with Crippen molar-refractivity contribution in [2.45, 2.75) is 19.9 Å². The molecule has 24 heavy (non-hydrogen) atoms. The van der Waals surface area contributed by atoms with E-state index < -0.39 is 0 Å². The molecule has 0 saturated carbocycles. The third kappa shape index (κ3) is 5.51. The Kier molecular flexibility index (Phi) is 6.58. The van der Waals surface area contributed by atoms with Crippen molar-refractivity contribution in [1.29, 1.82) is 0 Å². The maximum Gasteiger partial charge on any atom is 0.226 e. The van der Waals surface area contributed by atoms with Gasteiger partial charge in [0.15, 0.2) is 0 Å². The molecule has 2 amide bonds. The molecule has 1 heterocycles. The summed E-state index contributed by atoms with van der Waals surface area (Å²) < 4.78 is 0. The maximum absolute atomic E-state index is 12.0. The SMILES string of the molecule is CC(=O)N(CCC(=O)Nc1ccc(Cl)c(Cl)c1)Cc1ccccn1. The summed E-state index contributed by atoms with van der Waals surface area (Å²) in [6, 6.07) is 10.4. The number of pyridine rings is 1. The van der Waals surface area contributed by atoms with E-state index in [1.807, 2.05) is 18.2 Å². The van der Waals surface area contributed by atoms with E-state index in [0.29, 0.717) is 28.8 Å². The quantitative estimate of drug-likeness (QED) is 0.847. The number of anilines is 1. The topological polar surface area (TPSA) is 62.3 Å². The number of carbonyl (C=O) groups excluding carboxylic acids is 2. The van der Waals surface area contributed by atoms with Crippen molar-refractivity contribution < 1.29 is 9.59 Å². The first kappa shape index (κ1) is 18.2. The molecular formula is C17H17Cl2N3O2. The molecule has 0 aliphatic heterocycles. The van der Waals surface area contributed by atoms with Crippen LogP contribution in [-0.2, 0) is 16.1 Å². The Morgan fingerprint density at radius 1 is 1.17 bits per heavy atom. The van der Waals surface area contributed by atoms with Crippen LogP contribution in [0.1, 0.15) is 19.0 Å². The van der Waals surface area contributed by atoms with Crippen LogP contribution in [0.25, 0.3) is 0 Å². The molecule has 0 radical (unpaired) electrons. The Labute approximate surface area is 150 Å². The van der Waals surface area contributed by atoms with E-state index in [1.54, 1.807) is 29.3 Å². The van der Waals surface area contributed by atoms with E-state index in [9.17, 15) is 9.59 Å². The normalized spacial score (nSPS) is 10.3. The Hall–Kier alpha value is -2.11. The van der Waals surface area contributed by atoms with E-state index in [0.717, 1.165) is 5.69 Å². The second kappa shape index (κ2) is 8.66. The van der Waals surface area contributed by atoms with Gasteiger partial charge in [-0.15, -0.1) is 0 Å². The number of nitrogens with zero attached hydrogens (tertiary/aromatic N) is 2. The van der Waals surface area contributed by atoms with Gasteiger partial charge >= 0.3 is 0 Å². The van der Waals surface area contributed by atoms with Crippen molar-refractivity contribution in [1.82, 2.24) is 9.88 Å². The molecule has 0 spiro atoms. The number of halogens is 2. The third-order valence-corrected chi connectivity index (χ3v) is 4.08. The van der Waals surface area contributed by atoms with E-state index in [4.69, 9.17) is 23.2 Å². The lowest BCUT2D eigenvalue weighted by molar-refractivity contribution is -0.130. The van der Waals surface area contributed by atoms with Gasteiger partial charge in [-0.25, -0.2) is 0 Å². The van der Waals surface area contributed by atoms with E-state index in [1.165, 1.54) is 6.92 Å². The summed E-state index contributed by atoms with van der Waals surface area (Å²) >= 11 is 11.8. The number of aromatic nitrogens is 1. The van der Waals surface area contributed by atoms with Gasteiger partial charge in [0.1, 0.15) is 0 Å². The monoisotopic (exact) mass is 365 g/mol. The number of amides is 2. The molecule has 0 saturated heterocycles. The Balaban J connectivity index is 1.90. The van der Waals surface area contributed by atoms with Crippen LogP contribution >= 0.6 is 23.2 Å². The minimum Gasteiger partial charge on any atom is -0.337 e. The number of hydrogen-bond donors (Lipinski definition) is 1. The second-order valence-corrected chi connectivity index (χ2v) is 6.00. The van der Waals surface area contributed by atoms with Crippen LogP contribution in [0, 0.1) is 0 Å². The summed E-state index contributed by atoms with van der Waals surface area (Å²) in [4.78, 5) is 29.6. The molecule has 0 aliphatic carbocycles. The number of carbonyl (C=O) groups is 2. The number of benzene rings is 1. The van der Waals surface area contributed by atoms with Gasteiger partial charge in [-0.05, 0) is 30.3 Å². The first-order valence-corrected chi connectivity index (χ1v) is 8.11. The van der Waals surface area contributed by atoms with Crippen molar-refractivity contribution in [2.75, 3.05) is 11.9 Å². The summed E-state index contributed by atoms with van der Waals surface area (Å²) in [7, 11) is 0. The standard InChI is InChI=1S/C17H17Cl2N3O2/c1-12(23)22(11-14-4-2-3-8-20-14)9-7-17(24)21-13-5-6-15(18)16(19)10-13/h2-6,8,10H,7,9,11H2,1H3,(H,21,24). The van der Waals surface area contributed by atoms with Gasteiger partial charge < -0.3 is 10.2 Å². The Morgan fingerprint density at radius 3 is 2.58 bits per heavy atom. The molecule has 0 bridgehead atoms. The van der Waals surface area contributed by atoms with Crippen LogP contribution in [-0.4, -0.2) is 28.2 Å². The first-order valence-electron chi connectivity index (χ1n) is 7.36. The fourth-order valence-corrected chi connectivity index (χ4v) is 2.37. The van der Waals surface area contributed by atoms with E-state index >= 15 is 0 Å². The highest BCUT2D eigenvalue weighted by molar-refractivity contribution is 6.42. The predicted molar refractivity (Wildman–Crippen MR) is 95.0 cm³/mol. The van der Waals surface area contributed by atoms with Gasteiger partial charge in [0, 0.05) is 31.8 Å². The highest BCUT2D eigenvalue weighted by Gasteiger charge is 2.13. The first-order chi connectivity index (χ1) is 11.5. The summed E-state index contributed by atoms with van der Waals surface area (Å²) in [5.74, 6) is -0.316. The largest absolute Gasteiger partial charge is 0.337 e. The van der Waals surface area contributed by atoms with Crippen molar-refractivity contribution in [2.24, 2.45) is 0 Å². The van der Waals surface area contributed by atoms with Crippen LogP contribution in [0.5, 0.6) is 0 Å². The molecule has 1 N–H and O–H groups in total. The van der Waals surface area contributed by atoms with Gasteiger partial charge in [-0.2, -0.15) is 0 Å². The van der Waals surface area contributed by atoms with Crippen molar-refractivity contribution in [3.63, 3.8) is 0 Å². The average Bonchev–Trinajstić information content (AvgIpc) is 2.55. The Bertz CT molecular complexity index is 723. The highest BCUT2D eigenvalue weighted by atomic mass is 35.5. The summed E-state index contributed by atoms with van der Waals surface area (Å²) in [5, 5.41) is 3.53. The molecule has 0 atom stereocenters. The molecular weight excluding hydrogens is 349 g/mol. The van der Waals surface area contributed by atoms with Gasteiger partial charge in [0.2, 0.25) is 11.8 Å². The van der Waals surface area contributed by atoms with E-state index in [-0.39, 0.29) is 18.2 Å². The van der Waals surface area contributed by atoms with Gasteiger partial charge in [0.25, 0.3) is 0 Å². The average molecular weight is 366 g/mol. The lowest BCUT2D eigenvalue weighted by atomic mass is 10.2. The predicted octanol–water partition coefficient (Wildman–Crippen LogP) is 3.77. The molecule has 0 unspecified atom stereocenters. The molecule has 126 valence electrons. The molecule has 1 aromatic heterocycles. The fraction of sp³-hybridized carbons (Fsp3) is 0.235. The molecule has 1 aromatic carbocycles. The summed E-state index contributed by atoms with van der Waals surface area (Å²) in [5.41, 5.74) is 1.34. The molecule has 2 aromatic rings. The molecule has 5 nitrogen and oxygen atoms in total. The maximum atomic E-state index is 12.0. The van der Waals surface area contributed by atoms with Gasteiger partial charge in [-0.3, -0.25) is 14.6 Å². The van der Waals surface area contributed by atoms with Crippen LogP contribution in [0.4, 0.5) is 5.69 Å². The van der Waals surface area contributed by atoms with Gasteiger partial charge in [-0.1, -0.05) is 29.3 Å². The third-order valence-electron chi connectivity index (χ3n) is 3.34. The lowest BCUT2D eigenvalue weighted by Gasteiger charge is -2.20. The number of nitrogens with one attached hydrogen (secondary N) is 1. The van der Waals surface area contributed by atoms with Crippen LogP contribution < -0.4 is 5.32 Å². The van der Waals surface area contributed by atoms with Crippen LogP contribution in [0.2, 0.25) is 10.0 Å². The minimum absolute atomic E-state index is 0.108. The van der Waals surface area contributed by atoms with Crippen molar-refractivity contribution >= 4 is 40.7 Å². The van der Waals surface area contributed by atoms with E-state index in [2.05, 4.69) is 10.3 Å². The van der Waals surface area contributed by atoms with Crippen molar-refractivity contribution in [3.8, 4) is 0 Å². The fourth-order valence-electron chi connectivity index (χ4n) is 2.07. The summed E-state index contributed by atoms with van der Waals surface area (Å²) in [6.45, 7) is 2.15. The van der Waals surface area contributed by atoms with Crippen LogP contribution in [0.3, 0.4) is 0 Å². The summed E-state index contributed by atoms with van der Waals surface area (Å²) in [6.07, 6.45) is 1.84. The minimum atomic E-state index is -0.208. The second-order valence-electron chi connectivity index (χ2n) is 5.19. The smallest absolute Gasteiger partial charge is 0.226 e.